The van der Waals surface area contributed by atoms with Crippen LogP contribution in [0.4, 0.5) is 4.39 Å². The van der Waals surface area contributed by atoms with Gasteiger partial charge in [-0.05, 0) is 29.7 Å². The van der Waals surface area contributed by atoms with Crippen molar-refractivity contribution in [2.45, 2.75) is 19.3 Å². The quantitative estimate of drug-likeness (QED) is 0.692. The average Bonchev–Trinajstić information content (AvgIpc) is 2.64. The van der Waals surface area contributed by atoms with Gasteiger partial charge in [0.1, 0.15) is 5.82 Å². The van der Waals surface area contributed by atoms with Gasteiger partial charge in [-0.25, -0.2) is 4.39 Å². The van der Waals surface area contributed by atoms with Gasteiger partial charge in [-0.1, -0.05) is 42.5 Å². The van der Waals surface area contributed by atoms with Crippen molar-refractivity contribution >= 4 is 11.9 Å². The topological polar surface area (TPSA) is 46.6 Å². The van der Waals surface area contributed by atoms with Crippen molar-refractivity contribution in [1.82, 2.24) is 4.90 Å². The smallest absolute Gasteiger partial charge is 0.307 e. The number of hydrogen-bond donors (Lipinski definition) is 0. The van der Waals surface area contributed by atoms with E-state index in [0.717, 1.165) is 11.1 Å². The van der Waals surface area contributed by atoms with Gasteiger partial charge in [-0.2, -0.15) is 0 Å². The number of rotatable bonds is 8. The number of carbonyl (C=O) groups is 2. The summed E-state index contributed by atoms with van der Waals surface area (Å²) in [5, 5.41) is 0. The minimum Gasteiger partial charge on any atom is -0.469 e. The average molecular weight is 343 g/mol. The van der Waals surface area contributed by atoms with E-state index in [1.807, 2.05) is 30.3 Å². The van der Waals surface area contributed by atoms with Gasteiger partial charge >= 0.3 is 5.97 Å². The fourth-order valence-electron chi connectivity index (χ4n) is 2.49. The molecule has 0 saturated heterocycles. The van der Waals surface area contributed by atoms with Gasteiger partial charge in [0.2, 0.25) is 5.91 Å². The number of benzene rings is 2. The van der Waals surface area contributed by atoms with Crippen molar-refractivity contribution in [2.75, 3.05) is 20.2 Å². The van der Waals surface area contributed by atoms with Gasteiger partial charge in [-0.3, -0.25) is 9.59 Å². The highest BCUT2D eigenvalue weighted by molar-refractivity contribution is 5.79. The Morgan fingerprint density at radius 3 is 2.28 bits per heavy atom. The summed E-state index contributed by atoms with van der Waals surface area (Å²) in [6.07, 6.45) is 1.04. The largest absolute Gasteiger partial charge is 0.469 e. The molecule has 2 rings (SSSR count). The number of esters is 1. The van der Waals surface area contributed by atoms with Crippen LogP contribution < -0.4 is 0 Å². The molecule has 0 N–H and O–H groups in total. The second kappa shape index (κ2) is 9.57. The van der Waals surface area contributed by atoms with E-state index < -0.39 is 0 Å². The number of hydrogen-bond acceptors (Lipinski definition) is 3. The van der Waals surface area contributed by atoms with Crippen LogP contribution in [0, 0.1) is 5.82 Å². The zero-order valence-corrected chi connectivity index (χ0v) is 14.3. The first-order chi connectivity index (χ1) is 12.1. The van der Waals surface area contributed by atoms with E-state index >= 15 is 0 Å². The lowest BCUT2D eigenvalue weighted by atomic mass is 10.1. The van der Waals surface area contributed by atoms with Crippen molar-refractivity contribution < 1.29 is 18.7 Å². The van der Waals surface area contributed by atoms with Crippen molar-refractivity contribution in [1.29, 1.82) is 0 Å². The lowest BCUT2D eigenvalue weighted by molar-refractivity contribution is -0.141. The normalized spacial score (nSPS) is 10.3. The van der Waals surface area contributed by atoms with Crippen molar-refractivity contribution in [3.8, 4) is 0 Å². The molecule has 1 amide bonds. The first-order valence-electron chi connectivity index (χ1n) is 8.21. The molecule has 25 heavy (non-hydrogen) atoms. The summed E-state index contributed by atoms with van der Waals surface area (Å²) in [5.74, 6) is -0.770. The van der Waals surface area contributed by atoms with Gasteiger partial charge in [0.25, 0.3) is 0 Å². The molecule has 0 aliphatic carbocycles. The Labute approximate surface area is 147 Å². The minimum atomic E-state index is -0.348. The molecular formula is C20H22FNO3. The Morgan fingerprint density at radius 2 is 1.64 bits per heavy atom. The molecule has 0 bridgehead atoms. The molecule has 0 saturated carbocycles. The molecule has 0 aromatic heterocycles. The molecule has 5 heteroatoms. The summed E-state index contributed by atoms with van der Waals surface area (Å²) < 4.78 is 17.6. The molecule has 0 radical (unpaired) electrons. The zero-order valence-electron chi connectivity index (χ0n) is 14.3. The number of methoxy groups -OCH3 is 1. The maximum atomic E-state index is 13.0. The van der Waals surface area contributed by atoms with E-state index in [4.69, 9.17) is 0 Å². The number of halogens is 1. The van der Waals surface area contributed by atoms with Crippen LogP contribution in [-0.2, 0) is 27.2 Å². The lowest BCUT2D eigenvalue weighted by Crippen LogP contribution is -2.36. The van der Waals surface area contributed by atoms with E-state index in [1.165, 1.54) is 19.2 Å². The van der Waals surface area contributed by atoms with Gasteiger partial charge in [0.15, 0.2) is 0 Å². The lowest BCUT2D eigenvalue weighted by Gasteiger charge is -2.22. The Hall–Kier alpha value is -2.69. The zero-order chi connectivity index (χ0) is 18.1. The first kappa shape index (κ1) is 18.6. The number of amides is 1. The summed E-state index contributed by atoms with van der Waals surface area (Å²) in [5.41, 5.74) is 1.87. The molecule has 132 valence electrons. The Bertz CT molecular complexity index is 686. The van der Waals surface area contributed by atoms with Gasteiger partial charge < -0.3 is 9.64 Å². The molecular weight excluding hydrogens is 321 g/mol. The Kier molecular flexibility index (Phi) is 7.14. The van der Waals surface area contributed by atoms with Gasteiger partial charge in [0.05, 0.1) is 20.0 Å². The number of carbonyl (C=O) groups excluding carboxylic acids is 2. The van der Waals surface area contributed by atoms with E-state index in [-0.39, 0.29) is 30.5 Å². The molecule has 2 aromatic carbocycles. The maximum absolute atomic E-state index is 13.0. The van der Waals surface area contributed by atoms with Crippen LogP contribution in [0.15, 0.2) is 54.6 Å². The Morgan fingerprint density at radius 1 is 0.960 bits per heavy atom. The molecule has 0 spiro atoms. The monoisotopic (exact) mass is 343 g/mol. The van der Waals surface area contributed by atoms with Gasteiger partial charge in [0, 0.05) is 13.1 Å². The fourth-order valence-corrected chi connectivity index (χ4v) is 2.49. The van der Waals surface area contributed by atoms with Gasteiger partial charge in [-0.15, -0.1) is 0 Å². The van der Waals surface area contributed by atoms with E-state index in [9.17, 15) is 14.0 Å². The number of nitrogens with zero attached hydrogens (tertiary/aromatic N) is 1. The third-order valence-electron chi connectivity index (χ3n) is 3.95. The van der Waals surface area contributed by atoms with Crippen molar-refractivity contribution in [3.05, 3.63) is 71.5 Å². The molecule has 2 aromatic rings. The minimum absolute atomic E-state index is 0.0913. The summed E-state index contributed by atoms with van der Waals surface area (Å²) >= 11 is 0. The summed E-state index contributed by atoms with van der Waals surface area (Å²) in [7, 11) is 1.33. The second-order valence-corrected chi connectivity index (χ2v) is 5.75. The summed E-state index contributed by atoms with van der Waals surface area (Å²) in [4.78, 5) is 25.7. The molecule has 0 atom stereocenters. The summed E-state index contributed by atoms with van der Waals surface area (Å²) in [6, 6.07) is 15.7. The predicted molar refractivity (Wildman–Crippen MR) is 93.5 cm³/mol. The molecule has 0 fully saturated rings. The van der Waals surface area contributed by atoms with Crippen molar-refractivity contribution in [2.24, 2.45) is 0 Å². The fraction of sp³-hybridized carbons (Fsp3) is 0.300. The van der Waals surface area contributed by atoms with Crippen LogP contribution in [0.5, 0.6) is 0 Å². The summed E-state index contributed by atoms with van der Waals surface area (Å²) in [6.45, 7) is 0.820. The standard InChI is InChI=1S/C20H22FNO3/c1-25-20(24)12-14-22(13-11-16-5-3-2-4-6-16)19(23)15-17-7-9-18(21)10-8-17/h2-10H,11-15H2,1H3. The Balaban J connectivity index is 1.99. The third-order valence-corrected chi connectivity index (χ3v) is 3.95. The van der Waals surface area contributed by atoms with E-state index in [2.05, 4.69) is 4.74 Å². The highest BCUT2D eigenvalue weighted by atomic mass is 19.1. The van der Waals surface area contributed by atoms with Crippen molar-refractivity contribution in [3.63, 3.8) is 0 Å². The highest BCUT2D eigenvalue weighted by Gasteiger charge is 2.16. The first-order valence-corrected chi connectivity index (χ1v) is 8.21. The molecule has 0 aliphatic rings. The van der Waals surface area contributed by atoms with Crippen LogP contribution in [0.3, 0.4) is 0 Å². The van der Waals surface area contributed by atoms with Crippen LogP contribution in [0.1, 0.15) is 17.5 Å². The van der Waals surface area contributed by atoms with Crippen LogP contribution in [0.2, 0.25) is 0 Å². The molecule has 0 aliphatic heterocycles. The van der Waals surface area contributed by atoms with E-state index in [0.29, 0.717) is 19.5 Å². The SMILES string of the molecule is COC(=O)CCN(CCc1ccccc1)C(=O)Cc1ccc(F)cc1. The highest BCUT2D eigenvalue weighted by Crippen LogP contribution is 2.08. The maximum Gasteiger partial charge on any atom is 0.307 e. The van der Waals surface area contributed by atoms with Crippen LogP contribution in [0.25, 0.3) is 0 Å². The molecule has 0 heterocycles. The predicted octanol–water partition coefficient (Wildman–Crippen LogP) is 3.00. The van der Waals surface area contributed by atoms with Crippen LogP contribution in [-0.4, -0.2) is 37.0 Å². The van der Waals surface area contributed by atoms with Crippen LogP contribution >= 0.6 is 0 Å². The molecule has 4 nitrogen and oxygen atoms in total. The number of ether oxygens (including phenoxy) is 1. The molecule has 0 unspecified atom stereocenters. The second-order valence-electron chi connectivity index (χ2n) is 5.75. The van der Waals surface area contributed by atoms with E-state index in [1.54, 1.807) is 17.0 Å². The third kappa shape index (κ3) is 6.37.